The van der Waals surface area contributed by atoms with Crippen LogP contribution in [0.15, 0.2) is 11.6 Å². The lowest BCUT2D eigenvalue weighted by Gasteiger charge is -2.62. The summed E-state index contributed by atoms with van der Waals surface area (Å²) < 4.78 is 37.8. The summed E-state index contributed by atoms with van der Waals surface area (Å²) in [6.07, 6.45) is 1.68. The van der Waals surface area contributed by atoms with E-state index in [0.717, 1.165) is 38.5 Å². The summed E-state index contributed by atoms with van der Waals surface area (Å²) in [6.45, 7) is 14.9. The predicted molar refractivity (Wildman–Crippen MR) is 168 cm³/mol. The fourth-order valence-electron chi connectivity index (χ4n) is 13.8. The number of hydrogen-bond donors (Lipinski definition) is 4. The van der Waals surface area contributed by atoms with Crippen molar-refractivity contribution >= 4 is 5.97 Å². The highest BCUT2D eigenvalue weighted by Gasteiger charge is 2.85. The Labute approximate surface area is 282 Å². The fraction of sp³-hybridized carbons (Fsp3) is 0.919. The molecule has 0 bridgehead atoms. The summed E-state index contributed by atoms with van der Waals surface area (Å²) in [5.74, 6) is -0.600. The molecule has 4 heterocycles. The maximum Gasteiger partial charge on any atom is 0.302 e. The average Bonchev–Trinajstić information content (AvgIpc) is 3.84. The molecular formula is C37H54O11. The van der Waals surface area contributed by atoms with E-state index in [9.17, 15) is 25.2 Å². The van der Waals surface area contributed by atoms with Crippen LogP contribution in [0, 0.1) is 44.8 Å². The smallest absolute Gasteiger partial charge is 0.302 e. The van der Waals surface area contributed by atoms with Crippen molar-refractivity contribution in [1.82, 2.24) is 0 Å². The second-order valence-corrected chi connectivity index (χ2v) is 18.5. The number of aliphatic hydroxyl groups excluding tert-OH is 4. The van der Waals surface area contributed by atoms with Gasteiger partial charge in [0, 0.05) is 29.6 Å². The first kappa shape index (κ1) is 32.7. The molecule has 4 saturated carbocycles. The van der Waals surface area contributed by atoms with E-state index in [1.807, 2.05) is 6.92 Å². The molecule has 18 atom stereocenters. The molecule has 0 radical (unpaired) electrons. The van der Waals surface area contributed by atoms with Crippen molar-refractivity contribution in [3.8, 4) is 0 Å². The zero-order valence-electron chi connectivity index (χ0n) is 29.3. The van der Waals surface area contributed by atoms with E-state index in [-0.39, 0.29) is 75.9 Å². The van der Waals surface area contributed by atoms with E-state index in [1.165, 1.54) is 12.5 Å². The maximum atomic E-state index is 12.9. The standard InChI is InChI=1S/C37H54O11/c1-17-12-37(29-34(7,47-29)30(42)48-37)46-20-13-32(5)22-9-8-21-31(3,4)23(45-28-27(41)26(40)19(39)15-43-28)10-11-35(21)16-36(22,35)14-24(44-18(2)38)33(32,6)25(17)20/h9,17,19-21,23-30,39-42H,8,10-16H2,1-7H3/t17-,19-,20+,21+,23+,24-,25+,26+,27-,28+,29-,30?,32+,33-,34+,35-,36+,37-/m1/s1. The van der Waals surface area contributed by atoms with Crippen LogP contribution in [0.25, 0.3) is 0 Å². The number of carbonyl (C=O) groups excluding carboxylic acids is 1. The van der Waals surface area contributed by atoms with Gasteiger partial charge in [-0.15, -0.1) is 0 Å². The van der Waals surface area contributed by atoms with Crippen molar-refractivity contribution in [3.05, 3.63) is 11.6 Å². The number of aliphatic hydroxyl groups is 4. The first-order valence-electron chi connectivity index (χ1n) is 18.3. The van der Waals surface area contributed by atoms with Crippen molar-refractivity contribution in [2.24, 2.45) is 44.8 Å². The van der Waals surface area contributed by atoms with Gasteiger partial charge in [-0.25, -0.2) is 0 Å². The molecular weight excluding hydrogens is 620 g/mol. The van der Waals surface area contributed by atoms with Gasteiger partial charge in [0.15, 0.2) is 12.6 Å². The third kappa shape index (κ3) is 3.69. The van der Waals surface area contributed by atoms with E-state index in [2.05, 4.69) is 40.7 Å². The number of carbonyl (C=O) groups is 1. The van der Waals surface area contributed by atoms with Crippen LogP contribution in [0.4, 0.5) is 0 Å². The number of epoxide rings is 1. The van der Waals surface area contributed by atoms with E-state index in [1.54, 1.807) is 0 Å². The molecule has 4 aliphatic heterocycles. The Bertz CT molecular complexity index is 1450. The van der Waals surface area contributed by atoms with Gasteiger partial charge in [-0.2, -0.15) is 0 Å². The van der Waals surface area contributed by atoms with E-state index < -0.39 is 42.3 Å². The van der Waals surface area contributed by atoms with Gasteiger partial charge < -0.3 is 48.8 Å². The molecule has 268 valence electrons. The quantitative estimate of drug-likeness (QED) is 0.198. The van der Waals surface area contributed by atoms with Crippen LogP contribution in [-0.2, 0) is 33.2 Å². The summed E-state index contributed by atoms with van der Waals surface area (Å²) >= 11 is 0. The molecule has 3 spiro atoms. The monoisotopic (exact) mass is 674 g/mol. The molecule has 4 N–H and O–H groups in total. The lowest BCUT2D eigenvalue weighted by Crippen LogP contribution is -2.61. The average molecular weight is 675 g/mol. The zero-order chi connectivity index (χ0) is 34.2. The number of esters is 1. The third-order valence-electron chi connectivity index (χ3n) is 16.1. The van der Waals surface area contributed by atoms with Gasteiger partial charge >= 0.3 is 5.97 Å². The molecule has 11 heteroatoms. The van der Waals surface area contributed by atoms with Crippen LogP contribution in [0.3, 0.4) is 0 Å². The summed E-state index contributed by atoms with van der Waals surface area (Å²) in [4.78, 5) is 12.9. The Kier molecular flexibility index (Phi) is 6.57. The Morgan fingerprint density at radius 2 is 1.71 bits per heavy atom. The van der Waals surface area contributed by atoms with Crippen LogP contribution in [0.5, 0.6) is 0 Å². The minimum atomic E-state index is -1.32. The topological polar surface area (TPSA) is 157 Å². The van der Waals surface area contributed by atoms with Gasteiger partial charge in [0.05, 0.1) is 18.8 Å². The first-order valence-corrected chi connectivity index (χ1v) is 18.3. The molecule has 4 saturated heterocycles. The molecule has 9 aliphatic rings. The zero-order valence-corrected chi connectivity index (χ0v) is 29.3. The normalized spacial score (nSPS) is 61.6. The van der Waals surface area contributed by atoms with Crippen LogP contribution in [0.2, 0.25) is 0 Å². The molecule has 1 unspecified atom stereocenters. The van der Waals surface area contributed by atoms with Crippen molar-refractivity contribution in [2.75, 3.05) is 6.61 Å². The second-order valence-electron chi connectivity index (χ2n) is 18.5. The van der Waals surface area contributed by atoms with Crippen molar-refractivity contribution < 1.29 is 53.6 Å². The van der Waals surface area contributed by atoms with E-state index in [4.69, 9.17) is 28.4 Å². The summed E-state index contributed by atoms with van der Waals surface area (Å²) in [7, 11) is 0. The van der Waals surface area contributed by atoms with Crippen LogP contribution >= 0.6 is 0 Å². The molecule has 11 nitrogen and oxygen atoms in total. The molecule has 0 aromatic carbocycles. The van der Waals surface area contributed by atoms with Gasteiger partial charge in [-0.1, -0.05) is 46.3 Å². The Balaban J connectivity index is 1.06. The van der Waals surface area contributed by atoms with Crippen molar-refractivity contribution in [3.63, 3.8) is 0 Å². The highest BCUT2D eigenvalue weighted by molar-refractivity contribution is 5.66. The lowest BCUT2D eigenvalue weighted by atomic mass is 9.44. The molecule has 0 amide bonds. The third-order valence-corrected chi connectivity index (χ3v) is 16.1. The highest BCUT2D eigenvalue weighted by atomic mass is 16.8. The van der Waals surface area contributed by atoms with Gasteiger partial charge in [-0.05, 0) is 74.0 Å². The first-order chi connectivity index (χ1) is 22.4. The summed E-state index contributed by atoms with van der Waals surface area (Å²) in [5, 5.41) is 41.7. The highest BCUT2D eigenvalue weighted by Crippen LogP contribution is 2.88. The number of allylic oxidation sites excluding steroid dienone is 2. The fourth-order valence-corrected chi connectivity index (χ4v) is 13.8. The Morgan fingerprint density at radius 1 is 0.958 bits per heavy atom. The second kappa shape index (κ2) is 9.63. The minimum absolute atomic E-state index is 0.0364. The lowest BCUT2D eigenvalue weighted by molar-refractivity contribution is -0.345. The van der Waals surface area contributed by atoms with E-state index in [0.29, 0.717) is 12.3 Å². The predicted octanol–water partition coefficient (Wildman–Crippen LogP) is 2.95. The summed E-state index contributed by atoms with van der Waals surface area (Å²) in [5.41, 5.74) is -0.191. The summed E-state index contributed by atoms with van der Waals surface area (Å²) in [6, 6.07) is 0. The van der Waals surface area contributed by atoms with Gasteiger partial charge in [0.1, 0.15) is 36.1 Å². The molecule has 48 heavy (non-hydrogen) atoms. The number of ether oxygens (including phenoxy) is 6. The number of hydrogen-bond acceptors (Lipinski definition) is 11. The maximum absolute atomic E-state index is 12.9. The van der Waals surface area contributed by atoms with Crippen LogP contribution < -0.4 is 0 Å². The largest absolute Gasteiger partial charge is 0.462 e. The Morgan fingerprint density at radius 3 is 2.38 bits per heavy atom. The number of fused-ring (bicyclic) bond motifs is 6. The van der Waals surface area contributed by atoms with Crippen LogP contribution in [0.1, 0.15) is 93.4 Å². The van der Waals surface area contributed by atoms with Gasteiger partial charge in [0.25, 0.3) is 0 Å². The SMILES string of the molecule is CC(=O)O[C@@H]1C[C@@]23C[C@@]24CC[C@H](O[C@@H]2OC[C@@H](O)[C@H](O)[C@H]2O)C(C)(C)[C@@H]4CC=C3[C@]2(C)C[C@@H]3O[C@]4(C[C@@H](C)[C@@H]3[C@@]12C)OC(O)[C@@]1(C)O[C@@H]41. The minimum Gasteiger partial charge on any atom is -0.462 e. The van der Waals surface area contributed by atoms with Gasteiger partial charge in [-0.3, -0.25) is 4.79 Å². The van der Waals surface area contributed by atoms with E-state index >= 15 is 0 Å². The molecule has 5 aliphatic carbocycles. The number of rotatable bonds is 3. The van der Waals surface area contributed by atoms with Crippen molar-refractivity contribution in [2.45, 2.75) is 160 Å². The van der Waals surface area contributed by atoms with Gasteiger partial charge in [0.2, 0.25) is 5.79 Å². The molecule has 0 aromatic rings. The molecule has 8 fully saturated rings. The van der Waals surface area contributed by atoms with Crippen LogP contribution in [-0.4, -0.2) is 99.7 Å². The Hall–Kier alpha value is -1.15. The molecule has 0 aromatic heterocycles. The molecule has 9 rings (SSSR count). The van der Waals surface area contributed by atoms with Crippen molar-refractivity contribution in [1.29, 1.82) is 0 Å².